The van der Waals surface area contributed by atoms with E-state index in [1.165, 1.54) is 10.5 Å². The van der Waals surface area contributed by atoms with Gasteiger partial charge in [0.2, 0.25) is 0 Å². The van der Waals surface area contributed by atoms with Crippen LogP contribution in [0, 0.1) is 0 Å². The van der Waals surface area contributed by atoms with Crippen LogP contribution in [0.1, 0.15) is 25.0 Å². The molecule has 0 bridgehead atoms. The Bertz CT molecular complexity index is 1020. The maximum absolute atomic E-state index is 12.9. The van der Waals surface area contributed by atoms with Gasteiger partial charge in [0, 0.05) is 6.42 Å². The first kappa shape index (κ1) is 23.8. The van der Waals surface area contributed by atoms with Gasteiger partial charge >= 0.3 is 5.97 Å². The van der Waals surface area contributed by atoms with Crippen LogP contribution in [-0.2, 0) is 20.7 Å². The van der Waals surface area contributed by atoms with Crippen molar-refractivity contribution in [1.82, 2.24) is 4.90 Å². The number of ether oxygens (including phenoxy) is 3. The van der Waals surface area contributed by atoms with Crippen LogP contribution in [0.4, 0.5) is 0 Å². The molecule has 1 amide bonds. The summed E-state index contributed by atoms with van der Waals surface area (Å²) in [5, 5.41) is 0. The molecule has 1 aliphatic rings. The number of carbonyl (C=O) groups is 2. The molecule has 1 aliphatic heterocycles. The minimum Gasteiger partial charge on any atom is -0.493 e. The van der Waals surface area contributed by atoms with E-state index in [1.807, 2.05) is 30.3 Å². The molecule has 0 aromatic heterocycles. The Morgan fingerprint density at radius 1 is 1.19 bits per heavy atom. The van der Waals surface area contributed by atoms with Crippen LogP contribution < -0.4 is 9.47 Å². The van der Waals surface area contributed by atoms with Crippen LogP contribution in [-0.4, -0.2) is 47.5 Å². The van der Waals surface area contributed by atoms with Crippen LogP contribution in [0.25, 0.3) is 6.08 Å². The van der Waals surface area contributed by atoms with E-state index >= 15 is 0 Å². The summed E-state index contributed by atoms with van der Waals surface area (Å²) in [7, 11) is 1.57. The number of hydrogen-bond donors (Lipinski definition) is 0. The highest BCUT2D eigenvalue weighted by atomic mass is 32.2. The summed E-state index contributed by atoms with van der Waals surface area (Å²) in [4.78, 5) is 26.6. The number of esters is 1. The molecule has 0 aliphatic carbocycles. The van der Waals surface area contributed by atoms with Gasteiger partial charge in [-0.15, -0.1) is 0 Å². The summed E-state index contributed by atoms with van der Waals surface area (Å²) in [6.45, 7) is 4.09. The van der Waals surface area contributed by atoms with E-state index in [0.29, 0.717) is 27.3 Å². The van der Waals surface area contributed by atoms with Gasteiger partial charge in [0.05, 0.1) is 25.2 Å². The molecular formula is C24H25NO5S2. The van der Waals surface area contributed by atoms with E-state index in [9.17, 15) is 9.59 Å². The van der Waals surface area contributed by atoms with Crippen molar-refractivity contribution in [3.05, 3.63) is 64.6 Å². The maximum atomic E-state index is 12.9. The summed E-state index contributed by atoms with van der Waals surface area (Å²) in [5.41, 5.74) is 1.96. The number of hydrogen-bond acceptors (Lipinski definition) is 7. The number of rotatable bonds is 9. The van der Waals surface area contributed by atoms with Gasteiger partial charge in [-0.3, -0.25) is 9.69 Å². The first-order chi connectivity index (χ1) is 15.4. The van der Waals surface area contributed by atoms with Crippen LogP contribution in [0.3, 0.4) is 0 Å². The highest BCUT2D eigenvalue weighted by molar-refractivity contribution is 8.26. The van der Waals surface area contributed by atoms with Crippen LogP contribution >= 0.6 is 24.0 Å². The summed E-state index contributed by atoms with van der Waals surface area (Å²) >= 11 is 6.48. The average Bonchev–Trinajstić information content (AvgIpc) is 3.07. The SMILES string of the molecule is CCOC(=O)C(C)N1C(=O)/C(=C/c2ccc(OCCc3ccccc3)c(OC)c2)SC1=S. The lowest BCUT2D eigenvalue weighted by atomic mass is 10.1. The monoisotopic (exact) mass is 471 g/mol. The predicted octanol–water partition coefficient (Wildman–Crippen LogP) is 4.47. The Kier molecular flexibility index (Phi) is 8.30. The van der Waals surface area contributed by atoms with Crippen molar-refractivity contribution < 1.29 is 23.8 Å². The fourth-order valence-corrected chi connectivity index (χ4v) is 4.57. The Labute approximate surface area is 197 Å². The van der Waals surface area contributed by atoms with Crippen molar-refractivity contribution in [1.29, 1.82) is 0 Å². The van der Waals surface area contributed by atoms with E-state index in [0.717, 1.165) is 23.7 Å². The summed E-state index contributed by atoms with van der Waals surface area (Å²) in [6.07, 6.45) is 2.51. The topological polar surface area (TPSA) is 65.1 Å². The fraction of sp³-hybridized carbons (Fsp3) is 0.292. The third kappa shape index (κ3) is 5.69. The number of thioether (sulfide) groups is 1. The van der Waals surface area contributed by atoms with Crippen molar-refractivity contribution in [2.75, 3.05) is 20.3 Å². The van der Waals surface area contributed by atoms with Gasteiger partial charge in [-0.2, -0.15) is 0 Å². The second kappa shape index (κ2) is 11.2. The Hall–Kier alpha value is -2.84. The molecule has 1 saturated heterocycles. The first-order valence-electron chi connectivity index (χ1n) is 10.2. The van der Waals surface area contributed by atoms with E-state index in [1.54, 1.807) is 33.1 Å². The van der Waals surface area contributed by atoms with E-state index in [4.69, 9.17) is 26.4 Å². The largest absolute Gasteiger partial charge is 0.493 e. The molecule has 0 saturated carbocycles. The predicted molar refractivity (Wildman–Crippen MR) is 130 cm³/mol. The van der Waals surface area contributed by atoms with Crippen molar-refractivity contribution >= 4 is 46.3 Å². The van der Waals surface area contributed by atoms with Crippen molar-refractivity contribution in [2.24, 2.45) is 0 Å². The summed E-state index contributed by atoms with van der Waals surface area (Å²) < 4.78 is 16.7. The van der Waals surface area contributed by atoms with Crippen molar-refractivity contribution in [3.63, 3.8) is 0 Å². The first-order valence-corrected chi connectivity index (χ1v) is 11.5. The minimum atomic E-state index is -0.775. The van der Waals surface area contributed by atoms with Gasteiger partial charge in [0.25, 0.3) is 5.91 Å². The molecule has 3 rings (SSSR count). The number of benzene rings is 2. The molecule has 1 unspecified atom stereocenters. The molecule has 2 aromatic rings. The lowest BCUT2D eigenvalue weighted by Crippen LogP contribution is -2.42. The molecule has 1 heterocycles. The average molecular weight is 472 g/mol. The van der Waals surface area contributed by atoms with Gasteiger partial charge in [-0.25, -0.2) is 4.79 Å². The standard InChI is InChI=1S/C24H25NO5S2/c1-4-29-23(27)16(2)25-22(26)21(32-24(25)31)15-18-10-11-19(20(14-18)28-3)30-13-12-17-8-6-5-7-9-17/h5-11,14-16H,4,12-13H2,1-3H3/b21-15-. The Balaban J connectivity index is 1.70. The number of thiocarbonyl (C=S) groups is 1. The highest BCUT2D eigenvalue weighted by Gasteiger charge is 2.38. The molecule has 0 N–H and O–H groups in total. The van der Waals surface area contributed by atoms with Crippen LogP contribution in [0.5, 0.6) is 11.5 Å². The minimum absolute atomic E-state index is 0.243. The number of amides is 1. The van der Waals surface area contributed by atoms with E-state index in [-0.39, 0.29) is 12.5 Å². The molecule has 2 aromatic carbocycles. The van der Waals surface area contributed by atoms with Crippen LogP contribution in [0.15, 0.2) is 53.4 Å². The molecular weight excluding hydrogens is 446 g/mol. The summed E-state index contributed by atoms with van der Waals surface area (Å²) in [6, 6.07) is 14.8. The molecule has 0 spiro atoms. The quantitative estimate of drug-likeness (QED) is 0.304. The normalized spacial score (nSPS) is 15.7. The molecule has 168 valence electrons. The second-order valence-electron chi connectivity index (χ2n) is 6.97. The van der Waals surface area contributed by atoms with Gasteiger partial charge in [-0.05, 0) is 43.2 Å². The number of nitrogens with zero attached hydrogens (tertiary/aromatic N) is 1. The zero-order valence-electron chi connectivity index (χ0n) is 18.2. The summed E-state index contributed by atoms with van der Waals surface area (Å²) in [5.74, 6) is 0.401. The van der Waals surface area contributed by atoms with Gasteiger partial charge < -0.3 is 14.2 Å². The van der Waals surface area contributed by atoms with E-state index < -0.39 is 12.0 Å². The number of methoxy groups -OCH3 is 1. The fourth-order valence-electron chi connectivity index (χ4n) is 3.15. The lowest BCUT2D eigenvalue weighted by Gasteiger charge is -2.21. The Morgan fingerprint density at radius 2 is 1.94 bits per heavy atom. The van der Waals surface area contributed by atoms with Crippen molar-refractivity contribution in [3.8, 4) is 11.5 Å². The lowest BCUT2D eigenvalue weighted by molar-refractivity contribution is -0.149. The third-order valence-corrected chi connectivity index (χ3v) is 6.15. The molecule has 1 fully saturated rings. The molecule has 6 nitrogen and oxygen atoms in total. The van der Waals surface area contributed by atoms with Gasteiger partial charge in [-0.1, -0.05) is 60.4 Å². The molecule has 8 heteroatoms. The third-order valence-electron chi connectivity index (χ3n) is 4.82. The zero-order chi connectivity index (χ0) is 23.1. The highest BCUT2D eigenvalue weighted by Crippen LogP contribution is 2.36. The molecule has 32 heavy (non-hydrogen) atoms. The van der Waals surface area contributed by atoms with Gasteiger partial charge in [0.1, 0.15) is 10.4 Å². The van der Waals surface area contributed by atoms with Crippen molar-refractivity contribution in [2.45, 2.75) is 26.3 Å². The molecule has 1 atom stereocenters. The second-order valence-corrected chi connectivity index (χ2v) is 8.65. The Morgan fingerprint density at radius 3 is 2.62 bits per heavy atom. The maximum Gasteiger partial charge on any atom is 0.329 e. The molecule has 0 radical (unpaired) electrons. The smallest absolute Gasteiger partial charge is 0.329 e. The van der Waals surface area contributed by atoms with E-state index in [2.05, 4.69) is 12.1 Å². The zero-order valence-corrected chi connectivity index (χ0v) is 19.8. The van der Waals surface area contributed by atoms with Gasteiger partial charge in [0.15, 0.2) is 11.5 Å². The number of carbonyl (C=O) groups excluding carboxylic acids is 2. The van der Waals surface area contributed by atoms with Crippen LogP contribution in [0.2, 0.25) is 0 Å².